The molecule has 3 aromatic rings. The highest BCUT2D eigenvalue weighted by Gasteiger charge is 2.22. The Morgan fingerprint density at radius 2 is 1.85 bits per heavy atom. The van der Waals surface area contributed by atoms with Crippen LogP contribution in [-0.2, 0) is 6.42 Å². The molecule has 0 fully saturated rings. The molecule has 5 rings (SSSR count). The van der Waals surface area contributed by atoms with Crippen LogP contribution in [0.15, 0.2) is 102 Å². The van der Waals surface area contributed by atoms with E-state index in [-0.39, 0.29) is 0 Å². The summed E-state index contributed by atoms with van der Waals surface area (Å²) in [6.45, 7) is 8.24. The van der Waals surface area contributed by atoms with Crippen LogP contribution < -0.4 is 0 Å². The zero-order valence-corrected chi connectivity index (χ0v) is 19.8. The molecule has 33 heavy (non-hydrogen) atoms. The van der Waals surface area contributed by atoms with Gasteiger partial charge in [0.05, 0.1) is 0 Å². The SMILES string of the molecule is C=C/C(=C\C)C1C=Cc2c(c3ccc(C4C=C(C(C)=NC)C=CC4)cc3c3ccccc23)C1. The van der Waals surface area contributed by atoms with Gasteiger partial charge >= 0.3 is 0 Å². The van der Waals surface area contributed by atoms with Crippen LogP contribution in [0.4, 0.5) is 0 Å². The average molecular weight is 430 g/mol. The normalized spacial score (nSPS) is 20.8. The minimum Gasteiger partial charge on any atom is -0.293 e. The molecule has 0 amide bonds. The first-order chi connectivity index (χ1) is 16.1. The molecule has 0 aliphatic heterocycles. The van der Waals surface area contributed by atoms with E-state index in [9.17, 15) is 0 Å². The Labute approximate surface area is 197 Å². The number of hydrogen-bond acceptors (Lipinski definition) is 1. The third-order valence-corrected chi connectivity index (χ3v) is 7.37. The molecular weight excluding hydrogens is 398 g/mol. The summed E-state index contributed by atoms with van der Waals surface area (Å²) in [5.74, 6) is 0.762. The molecule has 0 N–H and O–H groups in total. The van der Waals surface area contributed by atoms with Crippen LogP contribution in [0.5, 0.6) is 0 Å². The van der Waals surface area contributed by atoms with Gasteiger partial charge in [-0.15, -0.1) is 0 Å². The third kappa shape index (κ3) is 3.72. The smallest absolute Gasteiger partial charge is 0.0383 e. The van der Waals surface area contributed by atoms with Gasteiger partial charge < -0.3 is 0 Å². The van der Waals surface area contributed by atoms with Gasteiger partial charge in [0.1, 0.15) is 0 Å². The van der Waals surface area contributed by atoms with Crippen LogP contribution in [0.1, 0.15) is 42.9 Å². The molecule has 0 saturated carbocycles. The van der Waals surface area contributed by atoms with Crippen molar-refractivity contribution in [1.82, 2.24) is 0 Å². The second-order valence-electron chi connectivity index (χ2n) is 9.08. The number of fused-ring (bicyclic) bond motifs is 6. The lowest BCUT2D eigenvalue weighted by molar-refractivity contribution is 0.769. The summed E-state index contributed by atoms with van der Waals surface area (Å²) in [5.41, 5.74) is 7.84. The predicted molar refractivity (Wildman–Crippen MR) is 145 cm³/mol. The molecule has 0 saturated heterocycles. The van der Waals surface area contributed by atoms with E-state index in [1.807, 2.05) is 13.1 Å². The number of benzene rings is 3. The molecule has 0 radical (unpaired) electrons. The van der Waals surface area contributed by atoms with Crippen LogP contribution in [0.3, 0.4) is 0 Å². The lowest BCUT2D eigenvalue weighted by Crippen LogP contribution is -2.10. The maximum atomic E-state index is 4.39. The number of nitrogens with zero attached hydrogens (tertiary/aromatic N) is 1. The second-order valence-corrected chi connectivity index (χ2v) is 9.08. The fourth-order valence-corrected chi connectivity index (χ4v) is 5.45. The van der Waals surface area contributed by atoms with E-state index in [1.54, 1.807) is 0 Å². The summed E-state index contributed by atoms with van der Waals surface area (Å²) in [5, 5.41) is 5.43. The van der Waals surface area contributed by atoms with E-state index in [4.69, 9.17) is 0 Å². The van der Waals surface area contributed by atoms with Crippen molar-refractivity contribution in [3.63, 3.8) is 0 Å². The van der Waals surface area contributed by atoms with Gasteiger partial charge in [-0.2, -0.15) is 0 Å². The Morgan fingerprint density at radius 3 is 2.61 bits per heavy atom. The second kappa shape index (κ2) is 8.83. The number of hydrogen-bond donors (Lipinski definition) is 0. The van der Waals surface area contributed by atoms with Crippen molar-refractivity contribution in [2.24, 2.45) is 10.9 Å². The van der Waals surface area contributed by atoms with Crippen molar-refractivity contribution >= 4 is 33.3 Å². The topological polar surface area (TPSA) is 12.4 Å². The first-order valence-corrected chi connectivity index (χ1v) is 11.9. The highest BCUT2D eigenvalue weighted by atomic mass is 14.7. The van der Waals surface area contributed by atoms with E-state index in [0.29, 0.717) is 11.8 Å². The van der Waals surface area contributed by atoms with Crippen molar-refractivity contribution in [1.29, 1.82) is 0 Å². The molecule has 3 aromatic carbocycles. The first-order valence-electron chi connectivity index (χ1n) is 11.9. The monoisotopic (exact) mass is 429 g/mol. The summed E-state index contributed by atoms with van der Waals surface area (Å²) >= 11 is 0. The average Bonchev–Trinajstić information content (AvgIpc) is 2.88. The first kappa shape index (κ1) is 21.4. The van der Waals surface area contributed by atoms with Crippen LogP contribution in [0, 0.1) is 5.92 Å². The summed E-state index contributed by atoms with van der Waals surface area (Å²) in [6, 6.07) is 16.0. The van der Waals surface area contributed by atoms with Gasteiger partial charge in [0.2, 0.25) is 0 Å². The van der Waals surface area contributed by atoms with Gasteiger partial charge in [-0.05, 0) is 82.1 Å². The van der Waals surface area contributed by atoms with Gasteiger partial charge in [-0.3, -0.25) is 4.99 Å². The van der Waals surface area contributed by atoms with Gasteiger partial charge in [0.15, 0.2) is 0 Å². The molecule has 2 aliphatic carbocycles. The molecule has 0 aromatic heterocycles. The van der Waals surface area contributed by atoms with Gasteiger partial charge in [0.25, 0.3) is 0 Å². The molecule has 1 heteroatoms. The largest absolute Gasteiger partial charge is 0.293 e. The molecule has 0 heterocycles. The Bertz CT molecular complexity index is 1410. The molecule has 0 spiro atoms. The van der Waals surface area contributed by atoms with Crippen molar-refractivity contribution in [2.45, 2.75) is 32.6 Å². The molecule has 2 atom stereocenters. The van der Waals surface area contributed by atoms with Crippen LogP contribution in [0.25, 0.3) is 27.6 Å². The minimum absolute atomic E-state index is 0.379. The maximum absolute atomic E-state index is 4.39. The van der Waals surface area contributed by atoms with Crippen molar-refractivity contribution in [3.05, 3.63) is 113 Å². The van der Waals surface area contributed by atoms with Crippen LogP contribution in [0.2, 0.25) is 0 Å². The fourth-order valence-electron chi connectivity index (χ4n) is 5.45. The van der Waals surface area contributed by atoms with Crippen molar-refractivity contribution in [3.8, 4) is 0 Å². The predicted octanol–water partition coefficient (Wildman–Crippen LogP) is 8.37. The highest BCUT2D eigenvalue weighted by molar-refractivity contribution is 6.13. The number of rotatable bonds is 4. The minimum atomic E-state index is 0.379. The maximum Gasteiger partial charge on any atom is 0.0383 e. The molecule has 2 unspecified atom stereocenters. The van der Waals surface area contributed by atoms with Crippen LogP contribution >= 0.6 is 0 Å². The zero-order chi connectivity index (χ0) is 22.9. The van der Waals surface area contributed by atoms with Gasteiger partial charge in [-0.25, -0.2) is 0 Å². The van der Waals surface area contributed by atoms with E-state index in [2.05, 4.69) is 104 Å². The zero-order valence-electron chi connectivity index (χ0n) is 19.8. The van der Waals surface area contributed by atoms with Crippen molar-refractivity contribution < 1.29 is 0 Å². The Balaban J connectivity index is 1.69. The molecule has 0 bridgehead atoms. The lowest BCUT2D eigenvalue weighted by atomic mass is 9.79. The van der Waals surface area contributed by atoms with Crippen LogP contribution in [-0.4, -0.2) is 12.8 Å². The standard InChI is InChI=1S/C32H31N/c1-5-22(6-2)25-14-16-29-27-12-7-8-13-28(27)31-20-26(15-17-30(31)32(29)19-25)24-11-9-10-23(18-24)21(3)33-4/h5-10,12-18,20,24-25H,1,11,19H2,2-4H3/b22-6+,33-21?. The molecule has 164 valence electrons. The van der Waals surface area contributed by atoms with Gasteiger partial charge in [-0.1, -0.05) is 85.5 Å². The van der Waals surface area contributed by atoms with E-state index in [1.165, 1.54) is 49.4 Å². The molecule has 2 aliphatic rings. The lowest BCUT2D eigenvalue weighted by Gasteiger charge is -2.25. The fraction of sp³-hybridized carbons (Fsp3) is 0.219. The number of allylic oxidation sites excluding steroid dienone is 8. The molecule has 1 nitrogen and oxygen atoms in total. The summed E-state index contributed by atoms with van der Waals surface area (Å²) < 4.78 is 0. The Morgan fingerprint density at radius 1 is 1.03 bits per heavy atom. The van der Waals surface area contributed by atoms with E-state index in [0.717, 1.165) is 18.6 Å². The third-order valence-electron chi connectivity index (χ3n) is 7.37. The van der Waals surface area contributed by atoms with Crippen molar-refractivity contribution in [2.75, 3.05) is 7.05 Å². The summed E-state index contributed by atoms with van der Waals surface area (Å²) in [4.78, 5) is 4.39. The summed E-state index contributed by atoms with van der Waals surface area (Å²) in [7, 11) is 1.87. The summed E-state index contributed by atoms with van der Waals surface area (Å²) in [6.07, 6.45) is 17.8. The number of aliphatic imine (C=N–C) groups is 1. The molecular formula is C32H31N. The Kier molecular flexibility index (Phi) is 5.72. The highest BCUT2D eigenvalue weighted by Crippen LogP contribution is 2.40. The van der Waals surface area contributed by atoms with E-state index >= 15 is 0 Å². The Hall–Kier alpha value is -3.45. The van der Waals surface area contributed by atoms with Gasteiger partial charge in [0, 0.05) is 24.6 Å². The van der Waals surface area contributed by atoms with E-state index < -0.39 is 0 Å². The quantitative estimate of drug-likeness (QED) is 0.224.